The van der Waals surface area contributed by atoms with Gasteiger partial charge in [0.25, 0.3) is 5.91 Å². The summed E-state index contributed by atoms with van der Waals surface area (Å²) in [7, 11) is 1.57. The van der Waals surface area contributed by atoms with Crippen LogP contribution in [0.4, 0.5) is 11.4 Å². The van der Waals surface area contributed by atoms with E-state index in [-0.39, 0.29) is 12.5 Å². The topological polar surface area (TPSA) is 68.8 Å². The molecule has 0 aliphatic rings. The molecule has 0 unspecified atom stereocenters. The molecule has 1 amide bonds. The maximum atomic E-state index is 12.3. The minimum Gasteiger partial charge on any atom is -0.495 e. The van der Waals surface area contributed by atoms with Gasteiger partial charge in [0.05, 0.1) is 18.7 Å². The number of rotatable bonds is 10. The monoisotopic (exact) mass is 488 g/mol. The van der Waals surface area contributed by atoms with E-state index in [9.17, 15) is 4.79 Å². The standard InChI is InChI=1S/C25H26Cl2N2O4/c1-4-32-23-11-17(14-28-19-9-10-22(31-3)21(27)12-19)20(26)13-24(23)33-15-25(30)29-18-7-5-16(2)6-8-18/h5-13,28H,4,14-15H2,1-3H3,(H,29,30). The number of hydrogen-bond donors (Lipinski definition) is 2. The van der Waals surface area contributed by atoms with Crippen LogP contribution < -0.4 is 24.8 Å². The third-order valence-electron chi connectivity index (χ3n) is 4.74. The second-order valence-corrected chi connectivity index (χ2v) is 8.04. The number of hydrogen-bond acceptors (Lipinski definition) is 5. The number of carbonyl (C=O) groups excluding carboxylic acids is 1. The van der Waals surface area contributed by atoms with Gasteiger partial charge in [-0.2, -0.15) is 0 Å². The first kappa shape index (κ1) is 24.6. The van der Waals surface area contributed by atoms with Crippen molar-refractivity contribution < 1.29 is 19.0 Å². The van der Waals surface area contributed by atoms with Gasteiger partial charge in [0.2, 0.25) is 0 Å². The lowest BCUT2D eigenvalue weighted by molar-refractivity contribution is -0.118. The van der Waals surface area contributed by atoms with Gasteiger partial charge in [-0.25, -0.2) is 0 Å². The van der Waals surface area contributed by atoms with E-state index >= 15 is 0 Å². The Morgan fingerprint density at radius 1 is 0.879 bits per heavy atom. The van der Waals surface area contributed by atoms with E-state index in [1.54, 1.807) is 31.4 Å². The van der Waals surface area contributed by atoms with E-state index in [1.807, 2.05) is 44.2 Å². The van der Waals surface area contributed by atoms with Crippen molar-refractivity contribution in [3.8, 4) is 17.2 Å². The molecule has 174 valence electrons. The summed E-state index contributed by atoms with van der Waals surface area (Å²) in [6.07, 6.45) is 0. The Hall–Kier alpha value is -3.09. The number of aryl methyl sites for hydroxylation is 1. The lowest BCUT2D eigenvalue weighted by atomic mass is 10.2. The first-order valence-corrected chi connectivity index (χ1v) is 11.2. The van der Waals surface area contributed by atoms with Crippen molar-refractivity contribution >= 4 is 40.5 Å². The van der Waals surface area contributed by atoms with Gasteiger partial charge in [0, 0.05) is 29.0 Å². The summed E-state index contributed by atoms with van der Waals surface area (Å²) in [5.41, 5.74) is 3.45. The van der Waals surface area contributed by atoms with Gasteiger partial charge >= 0.3 is 0 Å². The molecule has 0 radical (unpaired) electrons. The Bertz CT molecular complexity index is 1100. The van der Waals surface area contributed by atoms with Crippen LogP contribution in [0, 0.1) is 6.92 Å². The second kappa shape index (κ2) is 11.7. The molecular weight excluding hydrogens is 463 g/mol. The van der Waals surface area contributed by atoms with Crippen molar-refractivity contribution in [2.75, 3.05) is 31.0 Å². The summed E-state index contributed by atoms with van der Waals surface area (Å²) in [4.78, 5) is 12.3. The molecule has 0 heterocycles. The van der Waals surface area contributed by atoms with Gasteiger partial charge in [0.1, 0.15) is 5.75 Å². The molecule has 2 N–H and O–H groups in total. The van der Waals surface area contributed by atoms with Gasteiger partial charge in [0.15, 0.2) is 18.1 Å². The van der Waals surface area contributed by atoms with E-state index < -0.39 is 0 Å². The van der Waals surface area contributed by atoms with Gasteiger partial charge in [-0.15, -0.1) is 0 Å². The van der Waals surface area contributed by atoms with Crippen molar-refractivity contribution in [1.29, 1.82) is 0 Å². The lowest BCUT2D eigenvalue weighted by Gasteiger charge is -2.16. The minimum atomic E-state index is -0.278. The normalized spacial score (nSPS) is 10.5. The van der Waals surface area contributed by atoms with Crippen molar-refractivity contribution in [2.45, 2.75) is 20.4 Å². The molecule has 3 aromatic rings. The molecule has 0 bridgehead atoms. The fraction of sp³-hybridized carbons (Fsp3) is 0.240. The van der Waals surface area contributed by atoms with E-state index in [2.05, 4.69) is 10.6 Å². The van der Waals surface area contributed by atoms with Crippen molar-refractivity contribution in [3.63, 3.8) is 0 Å². The predicted molar refractivity (Wildman–Crippen MR) is 133 cm³/mol. The molecule has 0 aliphatic carbocycles. The molecule has 0 aliphatic heterocycles. The minimum absolute atomic E-state index is 0.174. The number of nitrogens with one attached hydrogen (secondary N) is 2. The molecule has 8 heteroatoms. The highest BCUT2D eigenvalue weighted by atomic mass is 35.5. The zero-order valence-corrected chi connectivity index (χ0v) is 20.2. The van der Waals surface area contributed by atoms with Crippen LogP contribution in [0.3, 0.4) is 0 Å². The molecule has 33 heavy (non-hydrogen) atoms. The molecule has 0 fully saturated rings. The van der Waals surface area contributed by atoms with E-state index in [1.165, 1.54) is 0 Å². The first-order chi connectivity index (χ1) is 15.9. The smallest absolute Gasteiger partial charge is 0.262 e. The highest BCUT2D eigenvalue weighted by Gasteiger charge is 2.13. The van der Waals surface area contributed by atoms with Gasteiger partial charge < -0.3 is 24.8 Å². The molecule has 0 spiro atoms. The Kier molecular flexibility index (Phi) is 8.69. The maximum absolute atomic E-state index is 12.3. The van der Waals surface area contributed by atoms with E-state index in [0.29, 0.717) is 46.1 Å². The summed E-state index contributed by atoms with van der Waals surface area (Å²) in [5.74, 6) is 1.23. The average Bonchev–Trinajstić information content (AvgIpc) is 2.80. The number of ether oxygens (including phenoxy) is 3. The van der Waals surface area contributed by atoms with Crippen LogP contribution in [0.15, 0.2) is 54.6 Å². The van der Waals surface area contributed by atoms with Crippen LogP contribution in [0.2, 0.25) is 10.0 Å². The molecule has 0 atom stereocenters. The van der Waals surface area contributed by atoms with Gasteiger partial charge in [-0.1, -0.05) is 40.9 Å². The number of anilines is 2. The molecule has 0 saturated heterocycles. The third-order valence-corrected chi connectivity index (χ3v) is 5.39. The first-order valence-electron chi connectivity index (χ1n) is 10.4. The van der Waals surface area contributed by atoms with Crippen molar-refractivity contribution in [1.82, 2.24) is 0 Å². The van der Waals surface area contributed by atoms with Crippen LogP contribution in [0.1, 0.15) is 18.1 Å². The van der Waals surface area contributed by atoms with Gasteiger partial charge in [-0.3, -0.25) is 4.79 Å². The van der Waals surface area contributed by atoms with Crippen LogP contribution in [-0.4, -0.2) is 26.2 Å². The Morgan fingerprint density at radius 2 is 1.58 bits per heavy atom. The Labute approximate surface area is 203 Å². The number of halogens is 2. The summed E-state index contributed by atoms with van der Waals surface area (Å²) >= 11 is 12.7. The van der Waals surface area contributed by atoms with Crippen molar-refractivity contribution in [2.24, 2.45) is 0 Å². The van der Waals surface area contributed by atoms with Crippen LogP contribution in [-0.2, 0) is 11.3 Å². The van der Waals surface area contributed by atoms with Crippen molar-refractivity contribution in [3.05, 3.63) is 75.8 Å². The highest BCUT2D eigenvalue weighted by molar-refractivity contribution is 6.32. The SMILES string of the molecule is CCOc1cc(CNc2ccc(OC)c(Cl)c2)c(Cl)cc1OCC(=O)Nc1ccc(C)cc1. The van der Waals surface area contributed by atoms with E-state index in [4.69, 9.17) is 37.4 Å². The summed E-state index contributed by atoms with van der Waals surface area (Å²) < 4.78 is 16.6. The number of amides is 1. The zero-order chi connectivity index (χ0) is 23.8. The Morgan fingerprint density at radius 3 is 2.24 bits per heavy atom. The fourth-order valence-corrected chi connectivity index (χ4v) is 3.52. The summed E-state index contributed by atoms with van der Waals surface area (Å²) in [6.45, 7) is 4.56. The van der Waals surface area contributed by atoms with E-state index in [0.717, 1.165) is 16.8 Å². The quantitative estimate of drug-likeness (QED) is 0.348. The zero-order valence-electron chi connectivity index (χ0n) is 18.7. The number of carbonyl (C=O) groups is 1. The number of benzene rings is 3. The van der Waals surface area contributed by atoms with Crippen LogP contribution >= 0.6 is 23.2 Å². The van der Waals surface area contributed by atoms with Crippen LogP contribution in [0.5, 0.6) is 17.2 Å². The molecule has 3 rings (SSSR count). The molecule has 3 aromatic carbocycles. The lowest BCUT2D eigenvalue weighted by Crippen LogP contribution is -2.20. The average molecular weight is 489 g/mol. The third kappa shape index (κ3) is 6.94. The molecule has 0 aromatic heterocycles. The molecular formula is C25H26Cl2N2O4. The number of methoxy groups -OCH3 is 1. The van der Waals surface area contributed by atoms with Crippen LogP contribution in [0.25, 0.3) is 0 Å². The predicted octanol–water partition coefficient (Wildman–Crippen LogP) is 6.34. The summed E-state index contributed by atoms with van der Waals surface area (Å²) in [6, 6.07) is 16.4. The summed E-state index contributed by atoms with van der Waals surface area (Å²) in [5, 5.41) is 7.08. The molecule has 0 saturated carbocycles. The molecule has 6 nitrogen and oxygen atoms in total. The highest BCUT2D eigenvalue weighted by Crippen LogP contribution is 2.34. The Balaban J connectivity index is 1.66. The largest absolute Gasteiger partial charge is 0.495 e. The van der Waals surface area contributed by atoms with Gasteiger partial charge in [-0.05, 0) is 55.8 Å². The second-order valence-electron chi connectivity index (χ2n) is 7.23. The fourth-order valence-electron chi connectivity index (χ4n) is 3.04. The maximum Gasteiger partial charge on any atom is 0.262 e.